The Labute approximate surface area is 104 Å². The fourth-order valence-electron chi connectivity index (χ4n) is 1.28. The highest BCUT2D eigenvalue weighted by molar-refractivity contribution is 7.86. The molecule has 0 aromatic heterocycles. The van der Waals surface area contributed by atoms with Crippen LogP contribution in [0.25, 0.3) is 0 Å². The van der Waals surface area contributed by atoms with Crippen LogP contribution in [0.1, 0.15) is 24.5 Å². The molecule has 0 saturated carbocycles. The average Bonchev–Trinajstić information content (AvgIpc) is 2.28. The van der Waals surface area contributed by atoms with Crippen molar-refractivity contribution < 1.29 is 26.5 Å². The molecule has 0 bridgehead atoms. The third-order valence-electron chi connectivity index (χ3n) is 2.23. The molecule has 1 rings (SSSR count). The zero-order valence-corrected chi connectivity index (χ0v) is 10.6. The van der Waals surface area contributed by atoms with E-state index in [-0.39, 0.29) is 6.61 Å². The average molecular weight is 280 g/mol. The van der Waals surface area contributed by atoms with Crippen molar-refractivity contribution in [2.45, 2.75) is 25.2 Å². The van der Waals surface area contributed by atoms with E-state index in [1.54, 1.807) is 0 Å². The molecule has 0 aliphatic heterocycles. The van der Waals surface area contributed by atoms with Crippen LogP contribution in [0.15, 0.2) is 24.3 Å². The summed E-state index contributed by atoms with van der Waals surface area (Å²) in [5, 5.41) is -4.30. The molecule has 0 fully saturated rings. The zero-order valence-electron chi connectivity index (χ0n) is 9.77. The minimum atomic E-state index is -5.45. The minimum Gasteiger partial charge on any atom is -0.377 e. The van der Waals surface area contributed by atoms with E-state index in [2.05, 4.69) is 0 Å². The third-order valence-corrected chi connectivity index (χ3v) is 3.11. The number of hydrogen-bond donors (Lipinski definition) is 1. The zero-order chi connectivity index (χ0) is 13.8. The summed E-state index contributed by atoms with van der Waals surface area (Å²) in [5.41, 5.74) is -0.123. The first-order valence-corrected chi connectivity index (χ1v) is 6.75. The maximum Gasteiger partial charge on any atom is 0.395 e. The Morgan fingerprint density at radius 3 is 2.28 bits per heavy atom. The van der Waals surface area contributed by atoms with Crippen LogP contribution < -0.4 is 0 Å². The first-order chi connectivity index (χ1) is 8.29. The number of alkyl halides is 2. The van der Waals surface area contributed by atoms with Crippen LogP contribution in [0, 0.1) is 0 Å². The predicted molar refractivity (Wildman–Crippen MR) is 61.8 cm³/mol. The smallest absolute Gasteiger partial charge is 0.377 e. The van der Waals surface area contributed by atoms with E-state index < -0.39 is 20.9 Å². The lowest BCUT2D eigenvalue weighted by atomic mass is 10.1. The molecule has 0 aliphatic carbocycles. The van der Waals surface area contributed by atoms with Crippen LogP contribution in [-0.2, 0) is 26.7 Å². The lowest BCUT2D eigenvalue weighted by Crippen LogP contribution is -2.25. The van der Waals surface area contributed by atoms with E-state index in [1.807, 2.05) is 6.92 Å². The van der Waals surface area contributed by atoms with Crippen molar-refractivity contribution in [1.82, 2.24) is 0 Å². The summed E-state index contributed by atoms with van der Waals surface area (Å²) >= 11 is 0. The predicted octanol–water partition coefficient (Wildman–Crippen LogP) is 2.55. The van der Waals surface area contributed by atoms with Gasteiger partial charge in [0.05, 0.1) is 6.61 Å². The van der Waals surface area contributed by atoms with Crippen molar-refractivity contribution in [2.24, 2.45) is 0 Å². The number of hydrogen-bond acceptors (Lipinski definition) is 3. The molecule has 7 heteroatoms. The molecule has 1 aromatic rings. The number of ether oxygens (including phenoxy) is 1. The van der Waals surface area contributed by atoms with E-state index in [0.29, 0.717) is 12.2 Å². The van der Waals surface area contributed by atoms with Crippen molar-refractivity contribution in [3.05, 3.63) is 35.4 Å². The molecule has 0 atom stereocenters. The largest absolute Gasteiger partial charge is 0.395 e. The van der Waals surface area contributed by atoms with Gasteiger partial charge in [0.1, 0.15) is 0 Å². The number of benzene rings is 1. The van der Waals surface area contributed by atoms with E-state index in [9.17, 15) is 17.2 Å². The summed E-state index contributed by atoms with van der Waals surface area (Å²) in [4.78, 5) is 0. The van der Waals surface area contributed by atoms with Crippen LogP contribution in [0.2, 0.25) is 0 Å². The standard InChI is InChI=1S/C11H14F2O4S/c1-2-7-17-8-9-3-5-10(6-4-9)11(12,13)18(14,15)16/h3-6H,2,7-8H2,1H3,(H,14,15,16). The van der Waals surface area contributed by atoms with Crippen LogP contribution in [-0.4, -0.2) is 19.6 Å². The maximum atomic E-state index is 13.2. The molecule has 0 radical (unpaired) electrons. The second kappa shape index (κ2) is 5.73. The van der Waals surface area contributed by atoms with Crippen molar-refractivity contribution in [1.29, 1.82) is 0 Å². The molecule has 18 heavy (non-hydrogen) atoms. The summed E-state index contributed by atoms with van der Waals surface area (Å²) in [7, 11) is -5.45. The molecule has 1 N–H and O–H groups in total. The van der Waals surface area contributed by atoms with Gasteiger partial charge in [0.15, 0.2) is 0 Å². The molecule has 0 amide bonds. The van der Waals surface area contributed by atoms with Gasteiger partial charge >= 0.3 is 15.4 Å². The van der Waals surface area contributed by atoms with Gasteiger partial charge in [0, 0.05) is 12.2 Å². The van der Waals surface area contributed by atoms with Crippen LogP contribution >= 0.6 is 0 Å². The quantitative estimate of drug-likeness (QED) is 0.642. The van der Waals surface area contributed by atoms with Gasteiger partial charge in [0.2, 0.25) is 0 Å². The number of rotatable bonds is 6. The molecule has 102 valence electrons. The molecule has 0 spiro atoms. The molecule has 0 aliphatic rings. The monoisotopic (exact) mass is 280 g/mol. The maximum absolute atomic E-state index is 13.2. The summed E-state index contributed by atoms with van der Waals surface area (Å²) in [6, 6.07) is 4.59. The van der Waals surface area contributed by atoms with Gasteiger partial charge in [-0.1, -0.05) is 31.2 Å². The fourth-order valence-corrected chi connectivity index (χ4v) is 1.71. The van der Waals surface area contributed by atoms with Crippen molar-refractivity contribution in [3.8, 4) is 0 Å². The topological polar surface area (TPSA) is 63.6 Å². The molecule has 0 saturated heterocycles. The first kappa shape index (κ1) is 15.0. The summed E-state index contributed by atoms with van der Waals surface area (Å²) < 4.78 is 61.2. The Bertz CT molecular complexity index is 482. The van der Waals surface area contributed by atoms with E-state index in [1.165, 1.54) is 12.1 Å². The van der Waals surface area contributed by atoms with Gasteiger partial charge in [-0.3, -0.25) is 4.55 Å². The van der Waals surface area contributed by atoms with Crippen LogP contribution in [0.4, 0.5) is 8.78 Å². The Kier molecular flexibility index (Phi) is 4.78. The van der Waals surface area contributed by atoms with E-state index in [4.69, 9.17) is 9.29 Å². The molecular formula is C11H14F2O4S. The van der Waals surface area contributed by atoms with E-state index >= 15 is 0 Å². The summed E-state index contributed by atoms with van der Waals surface area (Å²) in [6.07, 6.45) is 0.846. The Morgan fingerprint density at radius 1 is 1.28 bits per heavy atom. The van der Waals surface area contributed by atoms with E-state index in [0.717, 1.165) is 18.6 Å². The highest BCUT2D eigenvalue weighted by Gasteiger charge is 2.45. The van der Waals surface area contributed by atoms with Crippen molar-refractivity contribution >= 4 is 10.1 Å². The molecule has 0 heterocycles. The summed E-state index contributed by atoms with van der Waals surface area (Å²) in [5.74, 6) is 0. The van der Waals surface area contributed by atoms with Gasteiger partial charge in [-0.15, -0.1) is 0 Å². The lowest BCUT2D eigenvalue weighted by Gasteiger charge is -2.13. The van der Waals surface area contributed by atoms with Gasteiger partial charge in [-0.25, -0.2) is 0 Å². The normalized spacial score (nSPS) is 12.7. The second-order valence-corrected chi connectivity index (χ2v) is 5.20. The van der Waals surface area contributed by atoms with Gasteiger partial charge in [0.25, 0.3) is 0 Å². The molecule has 0 unspecified atom stereocenters. The lowest BCUT2D eigenvalue weighted by molar-refractivity contribution is 0.0788. The highest BCUT2D eigenvalue weighted by Crippen LogP contribution is 2.33. The highest BCUT2D eigenvalue weighted by atomic mass is 32.2. The fraction of sp³-hybridized carbons (Fsp3) is 0.455. The van der Waals surface area contributed by atoms with Crippen LogP contribution in [0.5, 0.6) is 0 Å². The van der Waals surface area contributed by atoms with Crippen molar-refractivity contribution in [3.63, 3.8) is 0 Å². The van der Waals surface area contributed by atoms with Crippen molar-refractivity contribution in [2.75, 3.05) is 6.61 Å². The van der Waals surface area contributed by atoms with Gasteiger partial charge in [-0.05, 0) is 12.0 Å². The van der Waals surface area contributed by atoms with Gasteiger partial charge in [-0.2, -0.15) is 17.2 Å². The second-order valence-electron chi connectivity index (χ2n) is 3.74. The van der Waals surface area contributed by atoms with Gasteiger partial charge < -0.3 is 4.74 Å². The summed E-state index contributed by atoms with van der Waals surface area (Å²) in [6.45, 7) is 2.77. The number of halogens is 2. The third kappa shape index (κ3) is 3.47. The molecule has 4 nitrogen and oxygen atoms in total. The Hall–Kier alpha value is -1.05. The SMILES string of the molecule is CCCOCc1ccc(C(F)(F)S(=O)(=O)O)cc1. The Balaban J connectivity index is 2.83. The minimum absolute atomic E-state index is 0.269. The van der Waals surface area contributed by atoms with Crippen LogP contribution in [0.3, 0.4) is 0 Å². The Morgan fingerprint density at radius 2 is 1.83 bits per heavy atom. The first-order valence-electron chi connectivity index (χ1n) is 5.31. The molecular weight excluding hydrogens is 266 g/mol. The molecule has 1 aromatic carbocycles.